The van der Waals surface area contributed by atoms with Crippen molar-refractivity contribution in [2.45, 2.75) is 32.2 Å². The average Bonchev–Trinajstić information content (AvgIpc) is 2.34. The van der Waals surface area contributed by atoms with Gasteiger partial charge in [-0.3, -0.25) is 4.79 Å². The van der Waals surface area contributed by atoms with Gasteiger partial charge in [-0.1, -0.05) is 41.4 Å². The molecule has 0 saturated heterocycles. The molecule has 0 unspecified atom stereocenters. The van der Waals surface area contributed by atoms with E-state index >= 15 is 0 Å². The lowest BCUT2D eigenvalue weighted by molar-refractivity contribution is 0.0942. The van der Waals surface area contributed by atoms with Gasteiger partial charge < -0.3 is 11.1 Å². The molecule has 0 fully saturated rings. The Bertz CT molecular complexity index is 413. The van der Waals surface area contributed by atoms with Gasteiger partial charge in [0.05, 0.1) is 0 Å². The summed E-state index contributed by atoms with van der Waals surface area (Å²) in [5.74, 6) is -0.157. The third-order valence-corrected chi connectivity index (χ3v) is 3.81. The van der Waals surface area contributed by atoms with Crippen molar-refractivity contribution in [2.75, 3.05) is 6.54 Å². The van der Waals surface area contributed by atoms with Crippen LogP contribution in [-0.4, -0.2) is 18.0 Å². The van der Waals surface area contributed by atoms with Crippen molar-refractivity contribution < 1.29 is 4.79 Å². The van der Waals surface area contributed by atoms with Crippen LogP contribution in [0.2, 0.25) is 5.02 Å². The third-order valence-electron chi connectivity index (χ3n) is 3.13. The normalized spacial score (nSPS) is 11.4. The number of benzene rings is 1. The van der Waals surface area contributed by atoms with Gasteiger partial charge in [-0.2, -0.15) is 0 Å². The van der Waals surface area contributed by atoms with Crippen molar-refractivity contribution in [3.8, 4) is 0 Å². The molecule has 0 aliphatic rings. The van der Waals surface area contributed by atoms with Gasteiger partial charge in [-0.25, -0.2) is 0 Å². The molecular weight excluding hydrogens is 316 g/mol. The number of carbonyl (C=O) groups is 1. The standard InChI is InChI=1S/C13H18BrClN2O/c1-3-13(16,4-2)8-17-12(18)9-5-10(14)7-11(15)6-9/h5-7H,3-4,8,16H2,1-2H3,(H,17,18). The molecule has 100 valence electrons. The first-order valence-corrected chi connectivity index (χ1v) is 7.10. The second-order valence-corrected chi connectivity index (χ2v) is 5.76. The minimum atomic E-state index is -0.342. The summed E-state index contributed by atoms with van der Waals surface area (Å²) >= 11 is 9.21. The Balaban J connectivity index is 2.71. The molecule has 3 nitrogen and oxygen atoms in total. The average molecular weight is 334 g/mol. The van der Waals surface area contributed by atoms with Gasteiger partial charge in [-0.05, 0) is 31.0 Å². The number of nitrogens with one attached hydrogen (secondary N) is 1. The summed E-state index contributed by atoms with van der Waals surface area (Å²) in [5, 5.41) is 3.38. The second-order valence-electron chi connectivity index (χ2n) is 4.41. The Morgan fingerprint density at radius 1 is 1.39 bits per heavy atom. The molecule has 1 rings (SSSR count). The quantitative estimate of drug-likeness (QED) is 0.868. The molecule has 1 amide bonds. The highest BCUT2D eigenvalue weighted by molar-refractivity contribution is 9.10. The molecule has 0 aromatic heterocycles. The molecule has 0 atom stereocenters. The maximum absolute atomic E-state index is 12.0. The molecule has 0 radical (unpaired) electrons. The van der Waals surface area contributed by atoms with Gasteiger partial charge in [0.15, 0.2) is 0 Å². The van der Waals surface area contributed by atoms with Gasteiger partial charge in [0.2, 0.25) is 0 Å². The number of nitrogens with two attached hydrogens (primary N) is 1. The van der Waals surface area contributed by atoms with Gasteiger partial charge in [-0.15, -0.1) is 0 Å². The minimum absolute atomic E-state index is 0.157. The summed E-state index contributed by atoms with van der Waals surface area (Å²) in [6, 6.07) is 5.11. The highest BCUT2D eigenvalue weighted by atomic mass is 79.9. The molecule has 18 heavy (non-hydrogen) atoms. The zero-order valence-corrected chi connectivity index (χ0v) is 12.9. The molecule has 0 aliphatic carbocycles. The van der Waals surface area contributed by atoms with Crippen molar-refractivity contribution >= 4 is 33.4 Å². The first-order chi connectivity index (χ1) is 8.40. The first-order valence-electron chi connectivity index (χ1n) is 5.93. The Hall–Kier alpha value is -0.580. The van der Waals surface area contributed by atoms with Crippen LogP contribution in [0.25, 0.3) is 0 Å². The van der Waals surface area contributed by atoms with Crippen molar-refractivity contribution in [2.24, 2.45) is 5.73 Å². The Kier molecular flexibility index (Phi) is 5.63. The molecule has 1 aromatic carbocycles. The highest BCUT2D eigenvalue weighted by Gasteiger charge is 2.21. The maximum atomic E-state index is 12.0. The van der Waals surface area contributed by atoms with E-state index in [4.69, 9.17) is 17.3 Å². The van der Waals surface area contributed by atoms with Crippen LogP contribution < -0.4 is 11.1 Å². The predicted octanol–water partition coefficient (Wildman–Crippen LogP) is 3.35. The van der Waals surface area contributed by atoms with E-state index in [1.165, 1.54) is 0 Å². The zero-order valence-electron chi connectivity index (χ0n) is 10.6. The summed E-state index contributed by atoms with van der Waals surface area (Å²) in [6.45, 7) is 4.50. The van der Waals surface area contributed by atoms with Crippen molar-refractivity contribution in [3.63, 3.8) is 0 Å². The van der Waals surface area contributed by atoms with E-state index in [0.717, 1.165) is 17.3 Å². The van der Waals surface area contributed by atoms with Crippen LogP contribution in [0.3, 0.4) is 0 Å². The SMILES string of the molecule is CCC(N)(CC)CNC(=O)c1cc(Cl)cc(Br)c1. The maximum Gasteiger partial charge on any atom is 0.251 e. The van der Waals surface area contributed by atoms with E-state index in [1.54, 1.807) is 18.2 Å². The predicted molar refractivity (Wildman–Crippen MR) is 79.0 cm³/mol. The van der Waals surface area contributed by atoms with Crippen LogP contribution in [0.5, 0.6) is 0 Å². The number of hydrogen-bond acceptors (Lipinski definition) is 2. The molecule has 0 bridgehead atoms. The summed E-state index contributed by atoms with van der Waals surface area (Å²) in [4.78, 5) is 12.0. The van der Waals surface area contributed by atoms with Crippen molar-refractivity contribution in [1.82, 2.24) is 5.32 Å². The van der Waals surface area contributed by atoms with E-state index in [0.29, 0.717) is 17.1 Å². The third kappa shape index (κ3) is 4.26. The van der Waals surface area contributed by atoms with Crippen LogP contribution >= 0.6 is 27.5 Å². The molecule has 0 spiro atoms. The monoisotopic (exact) mass is 332 g/mol. The first kappa shape index (κ1) is 15.5. The molecule has 5 heteroatoms. The lowest BCUT2D eigenvalue weighted by atomic mass is 9.94. The molecule has 0 aliphatic heterocycles. The summed E-state index contributed by atoms with van der Waals surface area (Å²) in [7, 11) is 0. The Morgan fingerprint density at radius 3 is 2.50 bits per heavy atom. The number of rotatable bonds is 5. The number of carbonyl (C=O) groups excluding carboxylic acids is 1. The van der Waals surface area contributed by atoms with Crippen LogP contribution in [0.15, 0.2) is 22.7 Å². The van der Waals surface area contributed by atoms with Gasteiger partial charge >= 0.3 is 0 Å². The molecule has 1 aromatic rings. The second kappa shape index (κ2) is 6.55. The molecule has 0 saturated carbocycles. The highest BCUT2D eigenvalue weighted by Crippen LogP contribution is 2.19. The smallest absolute Gasteiger partial charge is 0.251 e. The van der Waals surface area contributed by atoms with Gasteiger partial charge in [0.25, 0.3) is 5.91 Å². The van der Waals surface area contributed by atoms with E-state index in [2.05, 4.69) is 21.2 Å². The Morgan fingerprint density at radius 2 is 2.00 bits per heavy atom. The summed E-state index contributed by atoms with van der Waals surface area (Å²) < 4.78 is 0.783. The van der Waals surface area contributed by atoms with Crippen LogP contribution in [-0.2, 0) is 0 Å². The fraction of sp³-hybridized carbons (Fsp3) is 0.462. The number of halogens is 2. The lowest BCUT2D eigenvalue weighted by Gasteiger charge is -2.26. The molecule has 3 N–H and O–H groups in total. The van der Waals surface area contributed by atoms with Gasteiger partial charge in [0, 0.05) is 27.1 Å². The van der Waals surface area contributed by atoms with Gasteiger partial charge in [0.1, 0.15) is 0 Å². The topological polar surface area (TPSA) is 55.1 Å². The molecular formula is C13H18BrClN2O. The van der Waals surface area contributed by atoms with Crippen LogP contribution in [0.4, 0.5) is 0 Å². The fourth-order valence-electron chi connectivity index (χ4n) is 1.54. The van der Waals surface area contributed by atoms with E-state index in [-0.39, 0.29) is 11.4 Å². The largest absolute Gasteiger partial charge is 0.350 e. The van der Waals surface area contributed by atoms with Crippen LogP contribution in [0, 0.1) is 0 Å². The van der Waals surface area contributed by atoms with E-state index < -0.39 is 0 Å². The number of amides is 1. The Labute approximate surface area is 121 Å². The van der Waals surface area contributed by atoms with Crippen LogP contribution in [0.1, 0.15) is 37.0 Å². The van der Waals surface area contributed by atoms with Crippen molar-refractivity contribution in [3.05, 3.63) is 33.3 Å². The van der Waals surface area contributed by atoms with Crippen molar-refractivity contribution in [1.29, 1.82) is 0 Å². The fourth-order valence-corrected chi connectivity index (χ4v) is 2.40. The minimum Gasteiger partial charge on any atom is -0.350 e. The summed E-state index contributed by atoms with van der Waals surface area (Å²) in [5.41, 5.74) is 6.32. The lowest BCUT2D eigenvalue weighted by Crippen LogP contribution is -2.49. The number of hydrogen-bond donors (Lipinski definition) is 2. The zero-order chi connectivity index (χ0) is 13.8. The summed E-state index contributed by atoms with van der Waals surface area (Å²) in [6.07, 6.45) is 1.64. The van der Waals surface area contributed by atoms with E-state index in [1.807, 2.05) is 13.8 Å². The molecule has 0 heterocycles. The van der Waals surface area contributed by atoms with E-state index in [9.17, 15) is 4.79 Å².